The van der Waals surface area contributed by atoms with Crippen LogP contribution in [0.25, 0.3) is 49.7 Å². The van der Waals surface area contributed by atoms with Gasteiger partial charge in [-0.05, 0) is 165 Å². The molecule has 1 atom stereocenters. The number of allylic oxidation sites excluding steroid dienone is 10. The van der Waals surface area contributed by atoms with E-state index in [0.29, 0.717) is 0 Å². The van der Waals surface area contributed by atoms with Crippen LogP contribution in [-0.2, 0) is 12.8 Å². The standard InChI is InChI=1S/C64H66N2O2/c1-10-11-13-25-44(8)65(56-33-22-27-46-26-18-16-23-42(6)45(9)67-63(46)56)58-38-54(40(2)3)48-35-37-53-59(39-55(41(4)5)49-34-36-52(58)60(48)61(49)53)66(47-28-14-12-15-29-47)57-32-21-20-31-51-50-30-19-17-24-43(7)62(50)68-64(51)57/h10-16,18,22-25,27-29,31,33-41,45H,1,17,19-21,26,30,32H2,2-9H3/b13-11-,18-16-,42-23-,44-25+. The second kappa shape index (κ2) is 18.7. The Kier molecular flexibility index (Phi) is 12.4. The summed E-state index contributed by atoms with van der Waals surface area (Å²) in [6, 6.07) is 32.3. The van der Waals surface area contributed by atoms with Gasteiger partial charge in [0.05, 0.1) is 22.8 Å². The molecule has 0 bridgehead atoms. The summed E-state index contributed by atoms with van der Waals surface area (Å²) in [6.45, 7) is 22.1. The Labute approximate surface area is 403 Å². The predicted octanol–water partition coefficient (Wildman–Crippen LogP) is 16.7. The van der Waals surface area contributed by atoms with Gasteiger partial charge in [0.1, 0.15) is 17.6 Å². The van der Waals surface area contributed by atoms with Crippen LogP contribution in [-0.4, -0.2) is 6.10 Å². The van der Waals surface area contributed by atoms with Crippen molar-refractivity contribution in [1.29, 1.82) is 0 Å². The van der Waals surface area contributed by atoms with Crippen molar-refractivity contribution in [2.45, 2.75) is 118 Å². The van der Waals surface area contributed by atoms with Gasteiger partial charge in [0.15, 0.2) is 5.42 Å². The number of fused-ring (bicyclic) bond motifs is 4. The Morgan fingerprint density at radius 3 is 2.15 bits per heavy atom. The van der Waals surface area contributed by atoms with E-state index in [4.69, 9.17) is 9.15 Å². The number of rotatable bonds is 10. The second-order valence-electron chi connectivity index (χ2n) is 19.8. The molecule has 344 valence electrons. The Balaban J connectivity index is 1.32. The summed E-state index contributed by atoms with van der Waals surface area (Å²) >= 11 is 0. The van der Waals surface area contributed by atoms with Gasteiger partial charge in [-0.2, -0.15) is 0 Å². The van der Waals surface area contributed by atoms with Gasteiger partial charge in [0, 0.05) is 38.5 Å². The molecule has 10 rings (SSSR count). The average Bonchev–Trinajstić information content (AvgIpc) is 3.47. The number of hydrogen-bond donors (Lipinski definition) is 0. The fourth-order valence-electron chi connectivity index (χ4n) is 11.1. The van der Waals surface area contributed by atoms with Gasteiger partial charge >= 0.3 is 0 Å². The first-order valence-corrected chi connectivity index (χ1v) is 25.1. The van der Waals surface area contributed by atoms with E-state index >= 15 is 0 Å². The highest BCUT2D eigenvalue weighted by molar-refractivity contribution is 6.29. The molecule has 2 aliphatic carbocycles. The van der Waals surface area contributed by atoms with Crippen molar-refractivity contribution in [3.8, 4) is 5.75 Å². The van der Waals surface area contributed by atoms with Gasteiger partial charge in [-0.1, -0.05) is 137 Å². The van der Waals surface area contributed by atoms with Crippen LogP contribution in [0, 0.1) is 0 Å². The molecule has 7 aromatic rings. The lowest BCUT2D eigenvalue weighted by atomic mass is 9.84. The monoisotopic (exact) mass is 895 g/mol. The van der Waals surface area contributed by atoms with E-state index in [1.165, 1.54) is 76.8 Å². The molecule has 0 N–H and O–H groups in total. The summed E-state index contributed by atoms with van der Waals surface area (Å²) in [5, 5.41) is 8.97. The molecule has 4 nitrogen and oxygen atoms in total. The SMILES string of the molecule is C=C/C=C\C=C(/C)N(c1cccc2c1OC(C)/C(C)=C\C=C/C2)c1cc(C(C)C)c2ccc3c(N(C4=c5oc6c(c5=CCCC4)CCCC=C6C)c4ccccc4)cc(C(C)C)c4ccc1c2c43. The fourth-order valence-corrected chi connectivity index (χ4v) is 11.1. The minimum atomic E-state index is -0.102. The lowest BCUT2D eigenvalue weighted by Gasteiger charge is -2.33. The van der Waals surface area contributed by atoms with Crippen LogP contribution in [0.2, 0.25) is 0 Å². The van der Waals surface area contributed by atoms with Gasteiger partial charge in [0.2, 0.25) is 0 Å². The minimum Gasteiger partial charge on any atom is -0.484 e. The van der Waals surface area contributed by atoms with E-state index < -0.39 is 0 Å². The molecule has 3 aliphatic rings. The van der Waals surface area contributed by atoms with Gasteiger partial charge < -0.3 is 19.0 Å². The molecule has 68 heavy (non-hydrogen) atoms. The highest BCUT2D eigenvalue weighted by atomic mass is 16.5. The molecule has 0 radical (unpaired) electrons. The van der Waals surface area contributed by atoms with E-state index in [1.54, 1.807) is 0 Å². The zero-order chi connectivity index (χ0) is 47.2. The van der Waals surface area contributed by atoms with Gasteiger partial charge in [-0.3, -0.25) is 0 Å². The topological polar surface area (TPSA) is 28.9 Å². The molecular weight excluding hydrogens is 829 g/mol. The normalized spacial score (nSPS) is 17.9. The molecular formula is C64H66N2O2. The fraction of sp³-hybridized carbons (Fsp3) is 0.281. The summed E-state index contributed by atoms with van der Waals surface area (Å²) in [5.74, 6) is 2.51. The first-order chi connectivity index (χ1) is 33.0. The van der Waals surface area contributed by atoms with Crippen LogP contribution in [0.5, 0.6) is 5.75 Å². The molecule has 1 aliphatic heterocycles. The van der Waals surface area contributed by atoms with Crippen molar-refractivity contribution < 1.29 is 9.15 Å². The minimum absolute atomic E-state index is 0.102. The lowest BCUT2D eigenvalue weighted by Crippen LogP contribution is -2.31. The number of furan rings is 1. The predicted molar refractivity (Wildman–Crippen MR) is 292 cm³/mol. The molecule has 0 fully saturated rings. The average molecular weight is 895 g/mol. The molecule has 1 aromatic heterocycles. The third-order valence-electron chi connectivity index (χ3n) is 14.7. The molecule has 2 heterocycles. The first-order valence-electron chi connectivity index (χ1n) is 25.1. The van der Waals surface area contributed by atoms with Crippen LogP contribution >= 0.6 is 0 Å². The largest absolute Gasteiger partial charge is 0.484 e. The van der Waals surface area contributed by atoms with E-state index in [-0.39, 0.29) is 17.9 Å². The maximum atomic E-state index is 7.18. The highest BCUT2D eigenvalue weighted by Crippen LogP contribution is 2.51. The van der Waals surface area contributed by atoms with Crippen molar-refractivity contribution in [1.82, 2.24) is 0 Å². The molecule has 1 unspecified atom stereocenters. The molecule has 0 saturated heterocycles. The van der Waals surface area contributed by atoms with Crippen molar-refractivity contribution in [2.24, 2.45) is 0 Å². The number of benzene rings is 6. The Hall–Kier alpha value is -6.78. The zero-order valence-corrected chi connectivity index (χ0v) is 41.4. The molecule has 0 amide bonds. The van der Waals surface area contributed by atoms with Gasteiger partial charge in [0.25, 0.3) is 0 Å². The van der Waals surface area contributed by atoms with Crippen molar-refractivity contribution >= 4 is 72.4 Å². The van der Waals surface area contributed by atoms with Crippen LogP contribution in [0.1, 0.15) is 127 Å². The lowest BCUT2D eigenvalue weighted by molar-refractivity contribution is 0.256. The van der Waals surface area contributed by atoms with Crippen LogP contribution in [0.3, 0.4) is 0 Å². The number of para-hydroxylation sites is 2. The Bertz CT molecular complexity index is 3370. The summed E-state index contributed by atoms with van der Waals surface area (Å²) in [6.07, 6.45) is 26.5. The maximum Gasteiger partial charge on any atom is 0.154 e. The van der Waals surface area contributed by atoms with Crippen molar-refractivity contribution in [3.63, 3.8) is 0 Å². The Morgan fingerprint density at radius 1 is 0.750 bits per heavy atom. The molecule has 6 aromatic carbocycles. The van der Waals surface area contributed by atoms with Crippen molar-refractivity contribution in [3.05, 3.63) is 190 Å². The Morgan fingerprint density at radius 2 is 1.43 bits per heavy atom. The summed E-state index contributed by atoms with van der Waals surface area (Å²) in [5.41, 5.74) is 15.5. The van der Waals surface area contributed by atoms with Gasteiger partial charge in [-0.25, -0.2) is 0 Å². The quantitative estimate of drug-likeness (QED) is 0.101. The third-order valence-corrected chi connectivity index (χ3v) is 14.7. The highest BCUT2D eigenvalue weighted by Gasteiger charge is 2.30. The van der Waals surface area contributed by atoms with Crippen LogP contribution < -0.4 is 25.2 Å². The van der Waals surface area contributed by atoms with E-state index in [1.807, 2.05) is 12.2 Å². The molecule has 0 spiro atoms. The third kappa shape index (κ3) is 7.92. The summed E-state index contributed by atoms with van der Waals surface area (Å²) < 4.78 is 14.2. The van der Waals surface area contributed by atoms with Crippen LogP contribution in [0.4, 0.5) is 22.7 Å². The van der Waals surface area contributed by atoms with Crippen molar-refractivity contribution in [2.75, 3.05) is 9.80 Å². The maximum absolute atomic E-state index is 7.18. The van der Waals surface area contributed by atoms with E-state index in [0.717, 1.165) is 90.2 Å². The summed E-state index contributed by atoms with van der Waals surface area (Å²) in [4.78, 5) is 5.02. The molecule has 4 heteroatoms. The number of nitrogens with zero attached hydrogens (tertiary/aromatic N) is 2. The molecule has 0 saturated carbocycles. The zero-order valence-electron chi connectivity index (χ0n) is 41.4. The van der Waals surface area contributed by atoms with E-state index in [9.17, 15) is 0 Å². The second-order valence-corrected chi connectivity index (χ2v) is 19.8. The number of anilines is 4. The number of ether oxygens (including phenoxy) is 1. The smallest absolute Gasteiger partial charge is 0.154 e. The number of hydrogen-bond acceptors (Lipinski definition) is 4. The van der Waals surface area contributed by atoms with Crippen LogP contribution in [0.15, 0.2) is 156 Å². The van der Waals surface area contributed by atoms with E-state index in [2.05, 4.69) is 199 Å². The summed E-state index contributed by atoms with van der Waals surface area (Å²) in [7, 11) is 0. The first kappa shape index (κ1) is 45.0. The van der Waals surface area contributed by atoms with Gasteiger partial charge in [-0.15, -0.1) is 0 Å².